The summed E-state index contributed by atoms with van der Waals surface area (Å²) in [6, 6.07) is 6.88. The highest BCUT2D eigenvalue weighted by Crippen LogP contribution is 2.34. The van der Waals surface area contributed by atoms with E-state index in [0.29, 0.717) is 18.0 Å². The number of carbonyl (C=O) groups is 2. The van der Waals surface area contributed by atoms with E-state index in [4.69, 9.17) is 21.4 Å². The molecule has 0 radical (unpaired) electrons. The first-order chi connectivity index (χ1) is 10.8. The molecular weight excluding hydrogens is 318 g/mol. The number of carboxylic acid groups (broad SMARTS) is 1. The standard InChI is InChI=1S/C17H22ClNO4/c1-17(2,13-6-4-5-7-14(13)18)16(22)19-10-12(23-3)8-11(19)9-15(20)21/h4-7,11-12H,8-10H2,1-3H3,(H,20,21). The lowest BCUT2D eigenvalue weighted by atomic mass is 9.83. The molecule has 0 bridgehead atoms. The zero-order chi connectivity index (χ0) is 17.2. The van der Waals surface area contributed by atoms with E-state index < -0.39 is 11.4 Å². The molecular formula is C17H22ClNO4. The van der Waals surface area contributed by atoms with E-state index in [1.54, 1.807) is 18.1 Å². The Morgan fingerprint density at radius 2 is 2.04 bits per heavy atom. The Morgan fingerprint density at radius 3 is 2.61 bits per heavy atom. The molecule has 5 nitrogen and oxygen atoms in total. The molecule has 2 rings (SSSR count). The number of carbonyl (C=O) groups excluding carboxylic acids is 1. The van der Waals surface area contributed by atoms with Crippen molar-refractivity contribution in [2.45, 2.75) is 44.2 Å². The molecule has 1 heterocycles. The van der Waals surface area contributed by atoms with Gasteiger partial charge in [-0.15, -0.1) is 0 Å². The molecule has 2 atom stereocenters. The van der Waals surface area contributed by atoms with Crippen LogP contribution in [0, 0.1) is 0 Å². The van der Waals surface area contributed by atoms with Crippen LogP contribution in [0.5, 0.6) is 0 Å². The first-order valence-electron chi connectivity index (χ1n) is 7.58. The highest BCUT2D eigenvalue weighted by atomic mass is 35.5. The smallest absolute Gasteiger partial charge is 0.305 e. The fourth-order valence-electron chi connectivity index (χ4n) is 3.13. The highest BCUT2D eigenvalue weighted by Gasteiger charge is 2.43. The number of nitrogens with zero attached hydrogens (tertiary/aromatic N) is 1. The summed E-state index contributed by atoms with van der Waals surface area (Å²) in [5.74, 6) is -1.04. The quantitative estimate of drug-likeness (QED) is 0.895. The van der Waals surface area contributed by atoms with Crippen molar-refractivity contribution in [3.63, 3.8) is 0 Å². The summed E-state index contributed by atoms with van der Waals surface area (Å²) in [6.07, 6.45) is 0.322. The van der Waals surface area contributed by atoms with Gasteiger partial charge in [0.15, 0.2) is 0 Å². The lowest BCUT2D eigenvalue weighted by Gasteiger charge is -2.33. The summed E-state index contributed by atoms with van der Waals surface area (Å²) in [5, 5.41) is 9.63. The van der Waals surface area contributed by atoms with Gasteiger partial charge < -0.3 is 14.7 Å². The lowest BCUT2D eigenvalue weighted by Crippen LogP contribution is -2.46. The van der Waals surface area contributed by atoms with Crippen molar-refractivity contribution in [2.24, 2.45) is 0 Å². The maximum absolute atomic E-state index is 13.1. The molecule has 0 aliphatic carbocycles. The maximum Gasteiger partial charge on any atom is 0.305 e. The van der Waals surface area contributed by atoms with Crippen LogP contribution >= 0.6 is 11.6 Å². The molecule has 1 aliphatic rings. The van der Waals surface area contributed by atoms with Gasteiger partial charge >= 0.3 is 5.97 Å². The van der Waals surface area contributed by atoms with E-state index in [9.17, 15) is 9.59 Å². The van der Waals surface area contributed by atoms with Gasteiger partial charge in [0, 0.05) is 24.7 Å². The van der Waals surface area contributed by atoms with Crippen LogP contribution in [-0.4, -0.2) is 47.7 Å². The van der Waals surface area contributed by atoms with E-state index in [-0.39, 0.29) is 24.5 Å². The van der Waals surface area contributed by atoms with Crippen molar-refractivity contribution in [3.05, 3.63) is 34.9 Å². The van der Waals surface area contributed by atoms with Crippen LogP contribution in [-0.2, 0) is 19.7 Å². The van der Waals surface area contributed by atoms with Crippen LogP contribution in [0.1, 0.15) is 32.3 Å². The monoisotopic (exact) mass is 339 g/mol. The molecule has 1 aromatic carbocycles. The van der Waals surface area contributed by atoms with E-state index >= 15 is 0 Å². The Kier molecular flexibility index (Phi) is 5.32. The number of amides is 1. The normalized spacial score (nSPS) is 21.5. The van der Waals surface area contributed by atoms with Crippen LogP contribution in [0.3, 0.4) is 0 Å². The Morgan fingerprint density at radius 1 is 1.39 bits per heavy atom. The topological polar surface area (TPSA) is 66.8 Å². The molecule has 126 valence electrons. The average molecular weight is 340 g/mol. The molecule has 2 unspecified atom stereocenters. The van der Waals surface area contributed by atoms with E-state index in [1.165, 1.54) is 0 Å². The van der Waals surface area contributed by atoms with Crippen LogP contribution in [0.25, 0.3) is 0 Å². The molecule has 0 saturated carbocycles. The van der Waals surface area contributed by atoms with E-state index in [1.807, 2.05) is 32.0 Å². The third kappa shape index (κ3) is 3.67. The Balaban J connectivity index is 2.29. The lowest BCUT2D eigenvalue weighted by molar-refractivity contribution is -0.141. The minimum absolute atomic E-state index is 0.0792. The molecule has 1 N–H and O–H groups in total. The SMILES string of the molecule is COC1CC(CC(=O)O)N(C(=O)C(C)(C)c2ccccc2Cl)C1. The van der Waals surface area contributed by atoms with Gasteiger partial charge in [0.1, 0.15) is 0 Å². The van der Waals surface area contributed by atoms with Crippen LogP contribution in [0.15, 0.2) is 24.3 Å². The minimum atomic E-state index is -0.917. The second-order valence-corrected chi connectivity index (χ2v) is 6.81. The maximum atomic E-state index is 13.1. The number of hydrogen-bond acceptors (Lipinski definition) is 3. The zero-order valence-corrected chi connectivity index (χ0v) is 14.3. The van der Waals surface area contributed by atoms with Crippen LogP contribution in [0.2, 0.25) is 5.02 Å². The second kappa shape index (κ2) is 6.89. The van der Waals surface area contributed by atoms with Crippen molar-refractivity contribution >= 4 is 23.5 Å². The van der Waals surface area contributed by atoms with Gasteiger partial charge in [0.2, 0.25) is 5.91 Å². The van der Waals surface area contributed by atoms with Gasteiger partial charge in [0.25, 0.3) is 0 Å². The summed E-state index contributed by atoms with van der Waals surface area (Å²) >= 11 is 6.25. The third-order valence-corrected chi connectivity index (χ3v) is 4.79. The Bertz CT molecular complexity index is 602. The van der Waals surface area contributed by atoms with Gasteiger partial charge in [-0.25, -0.2) is 0 Å². The predicted molar refractivity (Wildman–Crippen MR) is 87.6 cm³/mol. The minimum Gasteiger partial charge on any atom is -0.481 e. The Labute approximate surface area is 141 Å². The number of hydrogen-bond donors (Lipinski definition) is 1. The molecule has 0 aromatic heterocycles. The van der Waals surface area contributed by atoms with Crippen LogP contribution in [0.4, 0.5) is 0 Å². The third-order valence-electron chi connectivity index (χ3n) is 4.46. The molecule has 1 aliphatic heterocycles. The second-order valence-electron chi connectivity index (χ2n) is 6.41. The molecule has 6 heteroatoms. The average Bonchev–Trinajstić information content (AvgIpc) is 2.88. The first-order valence-corrected chi connectivity index (χ1v) is 7.95. The van der Waals surface area contributed by atoms with Crippen molar-refractivity contribution in [2.75, 3.05) is 13.7 Å². The summed E-state index contributed by atoms with van der Waals surface area (Å²) in [5.41, 5.74) is -0.0980. The fourth-order valence-corrected chi connectivity index (χ4v) is 3.50. The molecule has 1 aromatic rings. The zero-order valence-electron chi connectivity index (χ0n) is 13.6. The summed E-state index contributed by atoms with van der Waals surface area (Å²) < 4.78 is 5.33. The van der Waals surface area contributed by atoms with E-state index in [0.717, 1.165) is 5.56 Å². The number of methoxy groups -OCH3 is 1. The molecule has 1 saturated heterocycles. The fraction of sp³-hybridized carbons (Fsp3) is 0.529. The number of halogens is 1. The molecule has 1 fully saturated rings. The number of ether oxygens (including phenoxy) is 1. The number of aliphatic carboxylic acids is 1. The summed E-state index contributed by atoms with van der Waals surface area (Å²) in [4.78, 5) is 25.8. The first kappa shape index (κ1) is 17.8. The molecule has 23 heavy (non-hydrogen) atoms. The largest absolute Gasteiger partial charge is 0.481 e. The number of carboxylic acids is 1. The van der Waals surface area contributed by atoms with Crippen molar-refractivity contribution in [3.8, 4) is 0 Å². The van der Waals surface area contributed by atoms with E-state index in [2.05, 4.69) is 0 Å². The van der Waals surface area contributed by atoms with Crippen molar-refractivity contribution in [1.82, 2.24) is 4.90 Å². The summed E-state index contributed by atoms with van der Waals surface area (Å²) in [7, 11) is 1.58. The van der Waals surface area contributed by atoms with Gasteiger partial charge in [-0.05, 0) is 31.9 Å². The molecule has 1 amide bonds. The molecule has 0 spiro atoms. The number of rotatable bonds is 5. The number of likely N-dealkylation sites (tertiary alicyclic amines) is 1. The van der Waals surface area contributed by atoms with Crippen molar-refractivity contribution < 1.29 is 19.4 Å². The van der Waals surface area contributed by atoms with Gasteiger partial charge in [-0.2, -0.15) is 0 Å². The van der Waals surface area contributed by atoms with Gasteiger partial charge in [-0.1, -0.05) is 29.8 Å². The Hall–Kier alpha value is -1.59. The summed E-state index contributed by atoms with van der Waals surface area (Å²) in [6.45, 7) is 4.03. The van der Waals surface area contributed by atoms with Crippen molar-refractivity contribution in [1.29, 1.82) is 0 Å². The predicted octanol–water partition coefficient (Wildman–Crippen LogP) is 2.71. The van der Waals surface area contributed by atoms with Gasteiger partial charge in [-0.3, -0.25) is 9.59 Å². The number of benzene rings is 1. The highest BCUT2D eigenvalue weighted by molar-refractivity contribution is 6.31. The van der Waals surface area contributed by atoms with Gasteiger partial charge in [0.05, 0.1) is 17.9 Å². The van der Waals surface area contributed by atoms with Crippen LogP contribution < -0.4 is 0 Å².